The Morgan fingerprint density at radius 1 is 1.21 bits per heavy atom. The Balaban J connectivity index is 2.99. The van der Waals surface area contributed by atoms with E-state index in [0.29, 0.717) is 0 Å². The molecule has 0 fully saturated rings. The summed E-state index contributed by atoms with van der Waals surface area (Å²) in [7, 11) is 0. The molecule has 6 heteroatoms. The van der Waals surface area contributed by atoms with Gasteiger partial charge in [-0.2, -0.15) is 0 Å². The summed E-state index contributed by atoms with van der Waals surface area (Å²) in [6.07, 6.45) is 0. The number of hydrogen-bond donors (Lipinski definition) is 2. The molecule has 0 spiro atoms. The molecule has 5 nitrogen and oxygen atoms in total. The first-order valence-corrected chi connectivity index (χ1v) is 5.89. The molecule has 0 aromatic heterocycles. The van der Waals surface area contributed by atoms with Crippen LogP contribution >= 0.6 is 11.6 Å². The van der Waals surface area contributed by atoms with Gasteiger partial charge in [-0.15, -0.1) is 0 Å². The van der Waals surface area contributed by atoms with E-state index in [1.54, 1.807) is 20.8 Å². The number of rotatable bonds is 2. The van der Waals surface area contributed by atoms with Crippen LogP contribution in [0.25, 0.3) is 0 Å². The van der Waals surface area contributed by atoms with Gasteiger partial charge in [0.05, 0.1) is 10.6 Å². The van der Waals surface area contributed by atoms with Crippen LogP contribution in [0.3, 0.4) is 0 Å². The van der Waals surface area contributed by atoms with Crippen molar-refractivity contribution < 1.29 is 19.5 Å². The van der Waals surface area contributed by atoms with Gasteiger partial charge in [0, 0.05) is 11.0 Å². The van der Waals surface area contributed by atoms with Crippen molar-refractivity contribution >= 4 is 29.4 Å². The molecule has 102 valence electrons. The van der Waals surface area contributed by atoms with Gasteiger partial charge in [0.15, 0.2) is 0 Å². The molecule has 0 aliphatic rings. The molecule has 0 unspecified atom stereocenters. The molecular formula is C13H14ClNO4. The number of hydrogen-bond acceptors (Lipinski definition) is 3. The van der Waals surface area contributed by atoms with E-state index in [4.69, 9.17) is 16.7 Å². The van der Waals surface area contributed by atoms with Crippen LogP contribution in [-0.2, 0) is 4.79 Å². The second-order valence-corrected chi connectivity index (χ2v) is 5.44. The van der Waals surface area contributed by atoms with Crippen molar-refractivity contribution in [2.75, 3.05) is 0 Å². The molecule has 0 saturated carbocycles. The molecule has 0 aliphatic carbocycles. The van der Waals surface area contributed by atoms with Gasteiger partial charge in [-0.25, -0.2) is 4.79 Å². The third-order valence-corrected chi connectivity index (χ3v) is 2.70. The van der Waals surface area contributed by atoms with Crippen molar-refractivity contribution in [3.05, 3.63) is 34.3 Å². The summed E-state index contributed by atoms with van der Waals surface area (Å²) in [5.41, 5.74) is -0.825. The summed E-state index contributed by atoms with van der Waals surface area (Å²) < 4.78 is 0. The molecular weight excluding hydrogens is 270 g/mol. The molecule has 2 N–H and O–H groups in total. The smallest absolute Gasteiger partial charge is 0.337 e. The van der Waals surface area contributed by atoms with Crippen LogP contribution in [0.2, 0.25) is 5.02 Å². The minimum Gasteiger partial charge on any atom is -0.478 e. The molecule has 2 amide bonds. The van der Waals surface area contributed by atoms with Gasteiger partial charge in [0.2, 0.25) is 5.91 Å². The van der Waals surface area contributed by atoms with E-state index in [9.17, 15) is 14.4 Å². The van der Waals surface area contributed by atoms with Crippen molar-refractivity contribution in [2.45, 2.75) is 20.8 Å². The maximum Gasteiger partial charge on any atom is 0.337 e. The molecule has 1 rings (SSSR count). The lowest BCUT2D eigenvalue weighted by atomic mass is 9.95. The number of benzene rings is 1. The van der Waals surface area contributed by atoms with Crippen LogP contribution in [0.4, 0.5) is 0 Å². The van der Waals surface area contributed by atoms with Crippen molar-refractivity contribution in [1.82, 2.24) is 5.32 Å². The van der Waals surface area contributed by atoms with Gasteiger partial charge in [0.25, 0.3) is 5.91 Å². The minimum atomic E-state index is -1.23. The van der Waals surface area contributed by atoms with Gasteiger partial charge in [-0.1, -0.05) is 32.4 Å². The summed E-state index contributed by atoms with van der Waals surface area (Å²) >= 11 is 5.69. The van der Waals surface area contributed by atoms with Gasteiger partial charge in [0.1, 0.15) is 0 Å². The fourth-order valence-electron chi connectivity index (χ4n) is 1.19. The maximum absolute atomic E-state index is 11.8. The second kappa shape index (κ2) is 5.40. The van der Waals surface area contributed by atoms with E-state index >= 15 is 0 Å². The minimum absolute atomic E-state index is 0.0335. The predicted octanol–water partition coefficient (Wildman–Crippen LogP) is 2.34. The van der Waals surface area contributed by atoms with E-state index in [2.05, 4.69) is 5.32 Å². The normalized spacial score (nSPS) is 10.9. The Morgan fingerprint density at radius 3 is 2.26 bits per heavy atom. The number of nitrogens with one attached hydrogen (secondary N) is 1. The number of imide groups is 1. The fraction of sp³-hybridized carbons (Fsp3) is 0.308. The summed E-state index contributed by atoms with van der Waals surface area (Å²) in [6, 6.07) is 3.80. The number of carbonyl (C=O) groups is 3. The van der Waals surface area contributed by atoms with Crippen LogP contribution in [-0.4, -0.2) is 22.9 Å². The lowest BCUT2D eigenvalue weighted by Gasteiger charge is -2.16. The molecule has 19 heavy (non-hydrogen) atoms. The number of amides is 2. The second-order valence-electron chi connectivity index (χ2n) is 5.03. The first-order chi connectivity index (χ1) is 8.62. The summed E-state index contributed by atoms with van der Waals surface area (Å²) in [4.78, 5) is 34.4. The lowest BCUT2D eigenvalue weighted by Crippen LogP contribution is -2.39. The van der Waals surface area contributed by atoms with Crippen LogP contribution in [0.15, 0.2) is 18.2 Å². The SMILES string of the molecule is CC(C)(C)C(=O)NC(=O)c1ccc(Cl)c(C(=O)O)c1. The highest BCUT2D eigenvalue weighted by molar-refractivity contribution is 6.33. The molecule has 1 aromatic rings. The predicted molar refractivity (Wildman–Crippen MR) is 70.3 cm³/mol. The monoisotopic (exact) mass is 283 g/mol. The van der Waals surface area contributed by atoms with Crippen LogP contribution < -0.4 is 5.32 Å². The molecule has 0 atom stereocenters. The number of carbonyl (C=O) groups excluding carboxylic acids is 2. The van der Waals surface area contributed by atoms with Crippen molar-refractivity contribution in [3.63, 3.8) is 0 Å². The Bertz CT molecular complexity index is 546. The van der Waals surface area contributed by atoms with Crippen molar-refractivity contribution in [3.8, 4) is 0 Å². The van der Waals surface area contributed by atoms with E-state index in [1.807, 2.05) is 0 Å². The number of halogens is 1. The zero-order chi connectivity index (χ0) is 14.8. The van der Waals surface area contributed by atoms with E-state index < -0.39 is 23.2 Å². The number of aromatic carboxylic acids is 1. The topological polar surface area (TPSA) is 83.5 Å². The number of carboxylic acid groups (broad SMARTS) is 1. The first-order valence-electron chi connectivity index (χ1n) is 5.51. The Labute approximate surface area is 115 Å². The molecule has 0 aliphatic heterocycles. The van der Waals surface area contributed by atoms with E-state index in [-0.39, 0.29) is 16.1 Å². The van der Waals surface area contributed by atoms with Gasteiger partial charge in [-0.05, 0) is 18.2 Å². The average molecular weight is 284 g/mol. The quantitative estimate of drug-likeness (QED) is 0.872. The van der Waals surface area contributed by atoms with Crippen LogP contribution in [0.5, 0.6) is 0 Å². The van der Waals surface area contributed by atoms with Gasteiger partial charge >= 0.3 is 5.97 Å². The van der Waals surface area contributed by atoms with Crippen molar-refractivity contribution in [2.24, 2.45) is 5.41 Å². The first kappa shape index (κ1) is 15.2. The zero-order valence-corrected chi connectivity index (χ0v) is 11.5. The highest BCUT2D eigenvalue weighted by Gasteiger charge is 2.24. The molecule has 0 saturated heterocycles. The largest absolute Gasteiger partial charge is 0.478 e. The van der Waals surface area contributed by atoms with Gasteiger partial charge in [-0.3, -0.25) is 14.9 Å². The molecule has 0 bridgehead atoms. The maximum atomic E-state index is 11.8. The number of carboxylic acids is 1. The Kier molecular flexibility index (Phi) is 4.32. The van der Waals surface area contributed by atoms with Crippen LogP contribution in [0, 0.1) is 5.41 Å². The highest BCUT2D eigenvalue weighted by Crippen LogP contribution is 2.18. The fourth-order valence-corrected chi connectivity index (χ4v) is 1.39. The summed E-state index contributed by atoms with van der Waals surface area (Å²) in [6.45, 7) is 5.00. The average Bonchev–Trinajstić information content (AvgIpc) is 2.27. The Morgan fingerprint density at radius 2 is 1.79 bits per heavy atom. The van der Waals surface area contributed by atoms with E-state index in [0.717, 1.165) is 6.07 Å². The van der Waals surface area contributed by atoms with Crippen LogP contribution in [0.1, 0.15) is 41.5 Å². The molecule has 1 aromatic carbocycles. The van der Waals surface area contributed by atoms with Crippen molar-refractivity contribution in [1.29, 1.82) is 0 Å². The standard InChI is InChI=1S/C13H14ClNO4/c1-13(2,3)12(19)15-10(16)7-4-5-9(14)8(6-7)11(17)18/h4-6H,1-3H3,(H,17,18)(H,15,16,19). The highest BCUT2D eigenvalue weighted by atomic mass is 35.5. The van der Waals surface area contributed by atoms with Gasteiger partial charge < -0.3 is 5.11 Å². The zero-order valence-electron chi connectivity index (χ0n) is 10.8. The molecule has 0 heterocycles. The summed E-state index contributed by atoms with van der Waals surface area (Å²) in [5.74, 6) is -2.33. The lowest BCUT2D eigenvalue weighted by molar-refractivity contribution is -0.127. The molecule has 0 radical (unpaired) electrons. The third-order valence-electron chi connectivity index (χ3n) is 2.37. The summed E-state index contributed by atoms with van der Waals surface area (Å²) in [5, 5.41) is 11.1. The Hall–Kier alpha value is -1.88. The third kappa shape index (κ3) is 3.79. The van der Waals surface area contributed by atoms with E-state index in [1.165, 1.54) is 12.1 Å².